The Morgan fingerprint density at radius 3 is 2.62 bits per heavy atom. The normalized spacial score (nSPS) is 10.9. The van der Waals surface area contributed by atoms with E-state index in [1.807, 2.05) is 6.07 Å². The highest BCUT2D eigenvalue weighted by molar-refractivity contribution is 7.92. The Morgan fingerprint density at radius 1 is 1.24 bits per heavy atom. The fourth-order valence-corrected chi connectivity index (χ4v) is 3.09. The highest BCUT2D eigenvalue weighted by Crippen LogP contribution is 2.22. The molecule has 0 unspecified atom stereocenters. The van der Waals surface area contributed by atoms with E-state index >= 15 is 0 Å². The van der Waals surface area contributed by atoms with E-state index in [9.17, 15) is 8.42 Å². The van der Waals surface area contributed by atoms with Crippen molar-refractivity contribution in [1.82, 2.24) is 0 Å². The van der Waals surface area contributed by atoms with Crippen LogP contribution in [0.4, 0.5) is 5.69 Å². The average molecular weight is 322 g/mol. The van der Waals surface area contributed by atoms with Crippen LogP contribution in [0.3, 0.4) is 0 Å². The first kappa shape index (κ1) is 15.3. The third-order valence-electron chi connectivity index (χ3n) is 2.79. The number of sulfonamides is 1. The molecule has 0 aliphatic heterocycles. The van der Waals surface area contributed by atoms with Gasteiger partial charge in [0.05, 0.1) is 15.5 Å². The van der Waals surface area contributed by atoms with Gasteiger partial charge < -0.3 is 5.73 Å². The molecule has 0 fully saturated rings. The molecule has 0 saturated carbocycles. The molecule has 0 spiro atoms. The van der Waals surface area contributed by atoms with Crippen molar-refractivity contribution in [3.05, 3.63) is 58.6 Å². The highest BCUT2D eigenvalue weighted by atomic mass is 35.5. The molecule has 108 valence electrons. The van der Waals surface area contributed by atoms with Gasteiger partial charge in [-0.25, -0.2) is 8.42 Å². The van der Waals surface area contributed by atoms with Crippen LogP contribution in [0.2, 0.25) is 5.02 Å². The number of anilines is 1. The average Bonchev–Trinajstić information content (AvgIpc) is 2.47. The molecule has 7 heteroatoms. The lowest BCUT2D eigenvalue weighted by Crippen LogP contribution is -2.13. The minimum absolute atomic E-state index is 0.00958. The van der Waals surface area contributed by atoms with Gasteiger partial charge in [-0.15, -0.1) is 0 Å². The highest BCUT2D eigenvalue weighted by Gasteiger charge is 2.16. The fraction of sp³-hybridized carbons (Fsp3) is 0.0714. The van der Waals surface area contributed by atoms with Crippen LogP contribution in [0.15, 0.2) is 47.4 Å². The number of hydrogen-bond acceptors (Lipinski definition) is 4. The van der Waals surface area contributed by atoms with Gasteiger partial charge in [0.25, 0.3) is 10.0 Å². The largest absolute Gasteiger partial charge is 0.326 e. The molecule has 0 bridgehead atoms. The summed E-state index contributed by atoms with van der Waals surface area (Å²) in [5.74, 6) is 0. The molecule has 2 rings (SSSR count). The Balaban J connectivity index is 2.34. The van der Waals surface area contributed by atoms with Crippen molar-refractivity contribution in [2.45, 2.75) is 11.4 Å². The summed E-state index contributed by atoms with van der Waals surface area (Å²) in [6, 6.07) is 12.6. The topological polar surface area (TPSA) is 96.0 Å². The second-order valence-electron chi connectivity index (χ2n) is 4.26. The van der Waals surface area contributed by atoms with Crippen LogP contribution in [0, 0.1) is 11.3 Å². The van der Waals surface area contributed by atoms with Gasteiger partial charge in [-0.05, 0) is 35.9 Å². The zero-order valence-corrected chi connectivity index (χ0v) is 12.4. The van der Waals surface area contributed by atoms with E-state index in [0.29, 0.717) is 12.2 Å². The maximum absolute atomic E-state index is 12.3. The second-order valence-corrected chi connectivity index (χ2v) is 6.35. The fourth-order valence-electron chi connectivity index (χ4n) is 1.73. The number of nitrogens with zero attached hydrogens (tertiary/aromatic N) is 1. The molecule has 5 nitrogen and oxygen atoms in total. The first-order valence-corrected chi connectivity index (χ1v) is 7.84. The van der Waals surface area contributed by atoms with Crippen molar-refractivity contribution in [1.29, 1.82) is 5.26 Å². The quantitative estimate of drug-likeness (QED) is 0.904. The molecule has 0 amide bonds. The van der Waals surface area contributed by atoms with Crippen molar-refractivity contribution in [3.63, 3.8) is 0 Å². The van der Waals surface area contributed by atoms with Gasteiger partial charge in [0, 0.05) is 12.2 Å². The number of hydrogen-bond donors (Lipinski definition) is 2. The SMILES string of the molecule is N#Cc1ccc(S(=O)(=O)Nc2cccc(CN)c2)cc1Cl. The van der Waals surface area contributed by atoms with E-state index in [0.717, 1.165) is 5.56 Å². The van der Waals surface area contributed by atoms with Gasteiger partial charge >= 0.3 is 0 Å². The molecule has 0 aliphatic carbocycles. The predicted molar refractivity (Wildman–Crippen MR) is 81.3 cm³/mol. The van der Waals surface area contributed by atoms with Crippen LogP contribution >= 0.6 is 11.6 Å². The summed E-state index contributed by atoms with van der Waals surface area (Å²) in [6.07, 6.45) is 0. The lowest BCUT2D eigenvalue weighted by atomic mass is 10.2. The molecule has 0 atom stereocenters. The van der Waals surface area contributed by atoms with Gasteiger partial charge in [-0.1, -0.05) is 23.7 Å². The number of halogens is 1. The molecule has 0 aliphatic rings. The molecule has 2 aromatic rings. The van der Waals surface area contributed by atoms with Gasteiger partial charge in [0.1, 0.15) is 6.07 Å². The summed E-state index contributed by atoms with van der Waals surface area (Å²) in [5.41, 5.74) is 6.97. The number of benzene rings is 2. The van der Waals surface area contributed by atoms with Crippen molar-refractivity contribution < 1.29 is 8.42 Å². The van der Waals surface area contributed by atoms with Crippen LogP contribution < -0.4 is 10.5 Å². The molecule has 3 N–H and O–H groups in total. The second kappa shape index (κ2) is 6.14. The van der Waals surface area contributed by atoms with Crippen molar-refractivity contribution in [2.24, 2.45) is 5.73 Å². The minimum Gasteiger partial charge on any atom is -0.326 e. The maximum atomic E-state index is 12.3. The Morgan fingerprint density at radius 2 is 2.00 bits per heavy atom. The molecule has 2 aromatic carbocycles. The standard InChI is InChI=1S/C14H12ClN3O2S/c15-14-7-13(5-4-11(14)9-17)21(19,20)18-12-3-1-2-10(6-12)8-16/h1-7,18H,8,16H2. The van der Waals surface area contributed by atoms with Gasteiger partial charge in [-0.2, -0.15) is 5.26 Å². The van der Waals surface area contributed by atoms with E-state index in [1.165, 1.54) is 18.2 Å². The first-order chi connectivity index (χ1) is 9.96. The van der Waals surface area contributed by atoms with Crippen molar-refractivity contribution >= 4 is 27.3 Å². The van der Waals surface area contributed by atoms with Crippen LogP contribution in [-0.2, 0) is 16.6 Å². The summed E-state index contributed by atoms with van der Waals surface area (Å²) in [4.78, 5) is -0.00958. The monoisotopic (exact) mass is 321 g/mol. The van der Waals surface area contributed by atoms with E-state index < -0.39 is 10.0 Å². The van der Waals surface area contributed by atoms with Gasteiger partial charge in [0.2, 0.25) is 0 Å². The molecule has 21 heavy (non-hydrogen) atoms. The van der Waals surface area contributed by atoms with Crippen LogP contribution in [-0.4, -0.2) is 8.42 Å². The maximum Gasteiger partial charge on any atom is 0.261 e. The van der Waals surface area contributed by atoms with Crippen LogP contribution in [0.5, 0.6) is 0 Å². The molecular weight excluding hydrogens is 310 g/mol. The Hall–Kier alpha value is -2.07. The number of nitrogens with two attached hydrogens (primary N) is 1. The van der Waals surface area contributed by atoms with E-state index in [2.05, 4.69) is 4.72 Å². The lowest BCUT2D eigenvalue weighted by molar-refractivity contribution is 0.601. The third-order valence-corrected chi connectivity index (χ3v) is 4.48. The van der Waals surface area contributed by atoms with Gasteiger partial charge in [-0.3, -0.25) is 4.72 Å². The molecule has 0 saturated heterocycles. The summed E-state index contributed by atoms with van der Waals surface area (Å²) in [5, 5.41) is 8.89. The summed E-state index contributed by atoms with van der Waals surface area (Å²) >= 11 is 5.85. The van der Waals surface area contributed by atoms with E-state index in [1.54, 1.807) is 24.3 Å². The zero-order chi connectivity index (χ0) is 15.5. The number of nitriles is 1. The smallest absolute Gasteiger partial charge is 0.261 e. The molecular formula is C14H12ClN3O2S. The molecule has 0 aromatic heterocycles. The summed E-state index contributed by atoms with van der Waals surface area (Å²) in [7, 11) is -3.77. The van der Waals surface area contributed by atoms with Crippen molar-refractivity contribution in [2.75, 3.05) is 4.72 Å². The third kappa shape index (κ3) is 3.52. The Kier molecular flexibility index (Phi) is 4.48. The lowest BCUT2D eigenvalue weighted by Gasteiger charge is -2.09. The molecule has 0 heterocycles. The zero-order valence-electron chi connectivity index (χ0n) is 10.9. The van der Waals surface area contributed by atoms with E-state index in [-0.39, 0.29) is 15.5 Å². The Labute approximate surface area is 128 Å². The van der Waals surface area contributed by atoms with Crippen LogP contribution in [0.1, 0.15) is 11.1 Å². The Bertz CT molecular complexity index is 813. The van der Waals surface area contributed by atoms with Crippen molar-refractivity contribution in [3.8, 4) is 6.07 Å². The number of rotatable bonds is 4. The summed E-state index contributed by atoms with van der Waals surface area (Å²) < 4.78 is 27.0. The van der Waals surface area contributed by atoms with Crippen LogP contribution in [0.25, 0.3) is 0 Å². The predicted octanol–water partition coefficient (Wildman–Crippen LogP) is 2.47. The summed E-state index contributed by atoms with van der Waals surface area (Å²) in [6.45, 7) is 0.318. The number of nitrogens with one attached hydrogen (secondary N) is 1. The first-order valence-electron chi connectivity index (χ1n) is 5.98. The van der Waals surface area contributed by atoms with E-state index in [4.69, 9.17) is 22.6 Å². The minimum atomic E-state index is -3.77. The van der Waals surface area contributed by atoms with Gasteiger partial charge in [0.15, 0.2) is 0 Å². The molecule has 0 radical (unpaired) electrons.